The molecule has 1 fully saturated rings. The maximum absolute atomic E-state index is 5.67. The van der Waals surface area contributed by atoms with Crippen molar-refractivity contribution in [3.8, 4) is 0 Å². The van der Waals surface area contributed by atoms with E-state index >= 15 is 0 Å². The van der Waals surface area contributed by atoms with Crippen LogP contribution in [0.1, 0.15) is 12.8 Å². The van der Waals surface area contributed by atoms with E-state index in [0.717, 1.165) is 12.4 Å². The lowest BCUT2D eigenvalue weighted by molar-refractivity contribution is 0.260. The Bertz CT molecular complexity index is 314. The molecule has 1 aliphatic rings. The Morgan fingerprint density at radius 3 is 3.00 bits per heavy atom. The van der Waals surface area contributed by atoms with E-state index < -0.39 is 0 Å². The van der Waals surface area contributed by atoms with Gasteiger partial charge in [-0.3, -0.25) is 0 Å². The molecule has 2 rings (SSSR count). The number of likely N-dealkylation sites (N-methyl/N-ethyl adjacent to an activating group) is 1. The summed E-state index contributed by atoms with van der Waals surface area (Å²) in [4.78, 5) is 10.5. The lowest BCUT2D eigenvalue weighted by Gasteiger charge is -2.30. The van der Waals surface area contributed by atoms with Gasteiger partial charge in [-0.25, -0.2) is 9.97 Å². The highest BCUT2D eigenvalue weighted by Crippen LogP contribution is 2.13. The molecule has 1 aromatic heterocycles. The van der Waals surface area contributed by atoms with E-state index in [1.807, 2.05) is 0 Å². The number of anilines is 1. The van der Waals surface area contributed by atoms with Crippen molar-refractivity contribution < 1.29 is 0 Å². The molecule has 82 valence electrons. The number of hydrogen-bond donors (Lipinski definition) is 1. The second kappa shape index (κ2) is 4.77. The van der Waals surface area contributed by atoms with Crippen LogP contribution in [0.3, 0.4) is 0 Å². The number of nitrogens with one attached hydrogen (secondary N) is 1. The SMILES string of the molecule is CN1CCC[C@@H](Nc2cnc(Cl)cn2)C1. The van der Waals surface area contributed by atoms with Crippen LogP contribution in [0.15, 0.2) is 12.4 Å². The molecule has 2 heterocycles. The fourth-order valence-electron chi connectivity index (χ4n) is 1.88. The second-order valence-electron chi connectivity index (χ2n) is 3.97. The van der Waals surface area contributed by atoms with Crippen LogP contribution in [-0.4, -0.2) is 41.0 Å². The van der Waals surface area contributed by atoms with E-state index in [4.69, 9.17) is 11.6 Å². The van der Waals surface area contributed by atoms with Crippen LogP contribution in [0, 0.1) is 0 Å². The zero-order valence-corrected chi connectivity index (χ0v) is 9.54. The van der Waals surface area contributed by atoms with E-state index in [0.29, 0.717) is 11.2 Å². The van der Waals surface area contributed by atoms with Crippen molar-refractivity contribution in [1.29, 1.82) is 0 Å². The van der Waals surface area contributed by atoms with Crippen molar-refractivity contribution in [3.63, 3.8) is 0 Å². The minimum atomic E-state index is 0.432. The maximum atomic E-state index is 5.67. The number of rotatable bonds is 2. The lowest BCUT2D eigenvalue weighted by atomic mass is 10.1. The van der Waals surface area contributed by atoms with Crippen molar-refractivity contribution in [2.24, 2.45) is 0 Å². The van der Waals surface area contributed by atoms with Gasteiger partial charge in [-0.1, -0.05) is 11.6 Å². The molecule has 1 aromatic rings. The molecule has 0 saturated carbocycles. The molecule has 0 radical (unpaired) electrons. The number of halogens is 1. The molecule has 15 heavy (non-hydrogen) atoms. The van der Waals surface area contributed by atoms with Crippen LogP contribution in [0.4, 0.5) is 5.82 Å². The van der Waals surface area contributed by atoms with Gasteiger partial charge in [0.25, 0.3) is 0 Å². The smallest absolute Gasteiger partial charge is 0.147 e. The first-order valence-electron chi connectivity index (χ1n) is 5.16. The Balaban J connectivity index is 1.93. The van der Waals surface area contributed by atoms with Gasteiger partial charge < -0.3 is 10.2 Å². The maximum Gasteiger partial charge on any atom is 0.147 e. The standard InChI is InChI=1S/C10H15ClN4/c1-15-4-2-3-8(7-15)14-10-6-12-9(11)5-13-10/h5-6,8H,2-4,7H2,1H3,(H,13,14)/t8-/m1/s1. The van der Waals surface area contributed by atoms with Gasteiger partial charge in [-0.15, -0.1) is 0 Å². The monoisotopic (exact) mass is 226 g/mol. The highest BCUT2D eigenvalue weighted by atomic mass is 35.5. The van der Waals surface area contributed by atoms with Crippen LogP contribution in [0.5, 0.6) is 0 Å². The predicted molar refractivity (Wildman–Crippen MR) is 61.2 cm³/mol. The summed E-state index contributed by atoms with van der Waals surface area (Å²) in [6.07, 6.45) is 5.66. The molecule has 0 bridgehead atoms. The summed E-state index contributed by atoms with van der Waals surface area (Å²) in [5.74, 6) is 0.805. The van der Waals surface area contributed by atoms with Gasteiger partial charge in [-0.05, 0) is 26.4 Å². The molecular weight excluding hydrogens is 212 g/mol. The molecule has 0 aliphatic carbocycles. The Morgan fingerprint density at radius 2 is 2.33 bits per heavy atom. The van der Waals surface area contributed by atoms with Gasteiger partial charge in [0.1, 0.15) is 11.0 Å². The molecular formula is C10H15ClN4. The highest BCUT2D eigenvalue weighted by molar-refractivity contribution is 6.29. The van der Waals surface area contributed by atoms with Gasteiger partial charge in [0.15, 0.2) is 0 Å². The Morgan fingerprint density at radius 1 is 1.47 bits per heavy atom. The van der Waals surface area contributed by atoms with Crippen LogP contribution < -0.4 is 5.32 Å². The van der Waals surface area contributed by atoms with Crippen LogP contribution in [-0.2, 0) is 0 Å². The normalized spacial score (nSPS) is 22.7. The van der Waals surface area contributed by atoms with Gasteiger partial charge in [0.2, 0.25) is 0 Å². The van der Waals surface area contributed by atoms with E-state index in [-0.39, 0.29) is 0 Å². The quantitative estimate of drug-likeness (QED) is 0.833. The zero-order chi connectivity index (χ0) is 10.7. The van der Waals surface area contributed by atoms with Crippen molar-refractivity contribution in [3.05, 3.63) is 17.5 Å². The third-order valence-corrected chi connectivity index (χ3v) is 2.79. The van der Waals surface area contributed by atoms with Crippen molar-refractivity contribution in [1.82, 2.24) is 14.9 Å². The first-order valence-corrected chi connectivity index (χ1v) is 5.54. The summed E-state index contributed by atoms with van der Waals surface area (Å²) in [5.41, 5.74) is 0. The van der Waals surface area contributed by atoms with Crippen LogP contribution >= 0.6 is 11.6 Å². The topological polar surface area (TPSA) is 41.0 Å². The van der Waals surface area contributed by atoms with Crippen LogP contribution in [0.25, 0.3) is 0 Å². The number of piperidine rings is 1. The minimum Gasteiger partial charge on any atom is -0.365 e. The third-order valence-electron chi connectivity index (χ3n) is 2.60. The summed E-state index contributed by atoms with van der Waals surface area (Å²) < 4.78 is 0. The molecule has 0 aromatic carbocycles. The first-order chi connectivity index (χ1) is 7.24. The summed E-state index contributed by atoms with van der Waals surface area (Å²) in [6.45, 7) is 2.24. The summed E-state index contributed by atoms with van der Waals surface area (Å²) >= 11 is 5.67. The third kappa shape index (κ3) is 3.04. The van der Waals surface area contributed by atoms with Crippen molar-refractivity contribution in [2.75, 3.05) is 25.5 Å². The number of aromatic nitrogens is 2. The fraction of sp³-hybridized carbons (Fsp3) is 0.600. The molecule has 1 atom stereocenters. The molecule has 4 nitrogen and oxygen atoms in total. The van der Waals surface area contributed by atoms with Crippen molar-refractivity contribution >= 4 is 17.4 Å². The molecule has 0 amide bonds. The van der Waals surface area contributed by atoms with Gasteiger partial charge in [0.05, 0.1) is 12.4 Å². The van der Waals surface area contributed by atoms with E-state index in [1.54, 1.807) is 12.4 Å². The fourth-order valence-corrected chi connectivity index (χ4v) is 1.98. The van der Waals surface area contributed by atoms with E-state index in [9.17, 15) is 0 Å². The summed E-state index contributed by atoms with van der Waals surface area (Å²) in [7, 11) is 2.14. The van der Waals surface area contributed by atoms with Crippen molar-refractivity contribution in [2.45, 2.75) is 18.9 Å². The number of nitrogens with zero attached hydrogens (tertiary/aromatic N) is 3. The molecule has 0 unspecified atom stereocenters. The number of likely N-dealkylation sites (tertiary alicyclic amines) is 1. The first kappa shape index (κ1) is 10.6. The average molecular weight is 227 g/mol. The Kier molecular flexibility index (Phi) is 3.38. The van der Waals surface area contributed by atoms with Crippen LogP contribution in [0.2, 0.25) is 5.15 Å². The van der Waals surface area contributed by atoms with Gasteiger partial charge >= 0.3 is 0 Å². The highest BCUT2D eigenvalue weighted by Gasteiger charge is 2.16. The number of hydrogen-bond acceptors (Lipinski definition) is 4. The second-order valence-corrected chi connectivity index (χ2v) is 4.36. The van der Waals surface area contributed by atoms with Gasteiger partial charge in [-0.2, -0.15) is 0 Å². The molecule has 0 spiro atoms. The van der Waals surface area contributed by atoms with E-state index in [1.165, 1.54) is 19.4 Å². The van der Waals surface area contributed by atoms with Gasteiger partial charge in [0, 0.05) is 12.6 Å². The molecule has 1 N–H and O–H groups in total. The van der Waals surface area contributed by atoms with E-state index in [2.05, 4.69) is 27.2 Å². The average Bonchev–Trinajstić information content (AvgIpc) is 2.22. The predicted octanol–water partition coefficient (Wildman–Crippen LogP) is 1.64. The molecule has 1 saturated heterocycles. The zero-order valence-electron chi connectivity index (χ0n) is 8.78. The molecule has 5 heteroatoms. The largest absolute Gasteiger partial charge is 0.365 e. The summed E-state index contributed by atoms with van der Waals surface area (Å²) in [6, 6.07) is 0.472. The molecule has 1 aliphatic heterocycles. The Labute approximate surface area is 94.7 Å². The lowest BCUT2D eigenvalue weighted by Crippen LogP contribution is -2.39. The Hall–Kier alpha value is -0.870. The minimum absolute atomic E-state index is 0.432. The summed E-state index contributed by atoms with van der Waals surface area (Å²) in [5, 5.41) is 3.80.